The van der Waals surface area contributed by atoms with E-state index in [2.05, 4.69) is 6.58 Å². The van der Waals surface area contributed by atoms with Crippen LogP contribution in [0.2, 0.25) is 0 Å². The van der Waals surface area contributed by atoms with Crippen molar-refractivity contribution in [2.24, 2.45) is 11.7 Å². The van der Waals surface area contributed by atoms with Gasteiger partial charge in [-0.1, -0.05) is 12.2 Å². The summed E-state index contributed by atoms with van der Waals surface area (Å²) in [6.45, 7) is 8.08. The topological polar surface area (TPSA) is 60.2 Å². The van der Waals surface area contributed by atoms with Crippen LogP contribution in [0.15, 0.2) is 12.2 Å². The molecule has 0 aromatic heterocycles. The van der Waals surface area contributed by atoms with Crippen LogP contribution in [-0.2, 0) is 9.84 Å². The van der Waals surface area contributed by atoms with E-state index < -0.39 is 14.6 Å². The first-order valence-electron chi connectivity index (χ1n) is 4.93. The molecule has 4 heteroatoms. The molecule has 1 rings (SSSR count). The van der Waals surface area contributed by atoms with Crippen LogP contribution in [0, 0.1) is 5.92 Å². The molecule has 1 saturated heterocycles. The number of sulfone groups is 1. The van der Waals surface area contributed by atoms with E-state index in [-0.39, 0.29) is 11.7 Å². The first-order valence-corrected chi connectivity index (χ1v) is 6.58. The van der Waals surface area contributed by atoms with E-state index in [1.54, 1.807) is 13.8 Å². The fraction of sp³-hybridized carbons (Fsp3) is 0.800. The van der Waals surface area contributed by atoms with Crippen molar-refractivity contribution in [3.63, 3.8) is 0 Å². The molecule has 0 radical (unpaired) electrons. The second kappa shape index (κ2) is 3.66. The van der Waals surface area contributed by atoms with Gasteiger partial charge in [-0.05, 0) is 39.2 Å². The summed E-state index contributed by atoms with van der Waals surface area (Å²) in [7, 11) is -2.94. The highest BCUT2D eigenvalue weighted by molar-refractivity contribution is 7.93. The van der Waals surface area contributed by atoms with Crippen molar-refractivity contribution in [3.8, 4) is 0 Å². The van der Waals surface area contributed by atoms with Gasteiger partial charge in [-0.15, -0.1) is 0 Å². The van der Waals surface area contributed by atoms with Crippen LogP contribution < -0.4 is 5.73 Å². The van der Waals surface area contributed by atoms with E-state index in [0.717, 1.165) is 12.0 Å². The van der Waals surface area contributed by atoms with Crippen LogP contribution in [0.5, 0.6) is 0 Å². The number of hydrogen-bond donors (Lipinski definition) is 1. The third kappa shape index (κ3) is 1.73. The normalized spacial score (nSPS) is 28.9. The summed E-state index contributed by atoms with van der Waals surface area (Å²) in [5.74, 6) is 0.366. The molecule has 3 nitrogen and oxygen atoms in total. The Kier molecular flexibility index (Phi) is 3.07. The fourth-order valence-electron chi connectivity index (χ4n) is 2.16. The van der Waals surface area contributed by atoms with Crippen LogP contribution in [-0.4, -0.2) is 25.5 Å². The molecular formula is C10H19NO2S. The van der Waals surface area contributed by atoms with E-state index >= 15 is 0 Å². The number of rotatable bonds is 3. The lowest BCUT2D eigenvalue weighted by Gasteiger charge is -2.27. The van der Waals surface area contributed by atoms with Crippen molar-refractivity contribution in [1.29, 1.82) is 0 Å². The molecule has 0 spiro atoms. The minimum absolute atomic E-state index is 0.0797. The molecule has 0 aliphatic carbocycles. The number of hydrogen-bond acceptors (Lipinski definition) is 3. The van der Waals surface area contributed by atoms with Crippen LogP contribution in [0.1, 0.15) is 26.7 Å². The third-order valence-electron chi connectivity index (χ3n) is 3.27. The lowest BCUT2D eigenvalue weighted by atomic mass is 9.85. The van der Waals surface area contributed by atoms with E-state index in [9.17, 15) is 8.42 Å². The summed E-state index contributed by atoms with van der Waals surface area (Å²) in [5.41, 5.74) is 6.43. The van der Waals surface area contributed by atoms with Crippen LogP contribution in [0.4, 0.5) is 0 Å². The minimum atomic E-state index is -2.94. The van der Waals surface area contributed by atoms with Gasteiger partial charge < -0.3 is 5.73 Å². The molecule has 1 atom stereocenters. The summed E-state index contributed by atoms with van der Waals surface area (Å²) in [5, 5.41) is 0. The third-order valence-corrected chi connectivity index (χ3v) is 5.94. The van der Waals surface area contributed by atoms with Gasteiger partial charge in [-0.25, -0.2) is 8.42 Å². The highest BCUT2D eigenvalue weighted by Crippen LogP contribution is 2.41. The summed E-state index contributed by atoms with van der Waals surface area (Å²) in [6, 6.07) is 0. The quantitative estimate of drug-likeness (QED) is 0.720. The molecular weight excluding hydrogens is 198 g/mol. The van der Waals surface area contributed by atoms with Crippen molar-refractivity contribution in [1.82, 2.24) is 0 Å². The van der Waals surface area contributed by atoms with E-state index in [1.165, 1.54) is 0 Å². The maximum Gasteiger partial charge on any atom is 0.156 e. The molecule has 0 amide bonds. The monoisotopic (exact) mass is 217 g/mol. The number of nitrogens with two attached hydrogens (primary N) is 1. The Morgan fingerprint density at radius 2 is 2.14 bits per heavy atom. The highest BCUT2D eigenvalue weighted by atomic mass is 32.2. The average molecular weight is 217 g/mol. The van der Waals surface area contributed by atoms with Crippen LogP contribution >= 0.6 is 0 Å². The van der Waals surface area contributed by atoms with Crippen LogP contribution in [0.25, 0.3) is 0 Å². The smallest absolute Gasteiger partial charge is 0.156 e. The molecule has 0 aromatic carbocycles. The zero-order valence-electron chi connectivity index (χ0n) is 8.91. The summed E-state index contributed by atoms with van der Waals surface area (Å²) < 4.78 is 22.8. The SMILES string of the molecule is C=C(CCN)C1CCS(=O)(=O)C1(C)C. The zero-order chi connectivity index (χ0) is 11.0. The molecule has 1 fully saturated rings. The first-order chi connectivity index (χ1) is 6.33. The second-order valence-corrected chi connectivity index (χ2v) is 7.15. The minimum Gasteiger partial charge on any atom is -0.330 e. The molecule has 1 aliphatic heterocycles. The molecule has 0 saturated carbocycles. The fourth-order valence-corrected chi connectivity index (χ4v) is 3.95. The summed E-state index contributed by atoms with van der Waals surface area (Å²) in [4.78, 5) is 0. The predicted molar refractivity (Wildman–Crippen MR) is 58.8 cm³/mol. The largest absolute Gasteiger partial charge is 0.330 e. The standard InChI is InChI=1S/C10H19NO2S/c1-8(4-6-11)9-5-7-14(12,13)10(9,2)3/h9H,1,4-7,11H2,2-3H3. The van der Waals surface area contributed by atoms with E-state index in [0.29, 0.717) is 13.0 Å². The Labute approximate surface area is 86.3 Å². The molecule has 1 heterocycles. The highest BCUT2D eigenvalue weighted by Gasteiger charge is 2.47. The Morgan fingerprint density at radius 1 is 1.57 bits per heavy atom. The van der Waals surface area contributed by atoms with E-state index in [4.69, 9.17) is 5.73 Å². The van der Waals surface area contributed by atoms with Gasteiger partial charge in [0.15, 0.2) is 9.84 Å². The zero-order valence-corrected chi connectivity index (χ0v) is 9.73. The molecule has 0 bridgehead atoms. The van der Waals surface area contributed by atoms with Crippen molar-refractivity contribution >= 4 is 9.84 Å². The Bertz CT molecular complexity index is 330. The van der Waals surface area contributed by atoms with Gasteiger partial charge in [0.05, 0.1) is 10.5 Å². The van der Waals surface area contributed by atoms with Gasteiger partial charge >= 0.3 is 0 Å². The first kappa shape index (κ1) is 11.7. The molecule has 82 valence electrons. The summed E-state index contributed by atoms with van der Waals surface area (Å²) in [6.07, 6.45) is 1.43. The Balaban J connectivity index is 2.90. The van der Waals surface area contributed by atoms with Crippen molar-refractivity contribution in [2.45, 2.75) is 31.4 Å². The average Bonchev–Trinajstić information content (AvgIpc) is 2.23. The van der Waals surface area contributed by atoms with Gasteiger partial charge in [0, 0.05) is 0 Å². The van der Waals surface area contributed by atoms with Gasteiger partial charge in [-0.2, -0.15) is 0 Å². The molecule has 0 aromatic rings. The summed E-state index contributed by atoms with van der Waals surface area (Å²) >= 11 is 0. The molecule has 1 aliphatic rings. The maximum absolute atomic E-state index is 11.7. The van der Waals surface area contributed by atoms with Crippen LogP contribution in [0.3, 0.4) is 0 Å². The van der Waals surface area contributed by atoms with Gasteiger partial charge in [-0.3, -0.25) is 0 Å². The second-order valence-electron chi connectivity index (χ2n) is 4.46. The lowest BCUT2D eigenvalue weighted by molar-refractivity contribution is 0.467. The van der Waals surface area contributed by atoms with Crippen molar-refractivity contribution in [2.75, 3.05) is 12.3 Å². The van der Waals surface area contributed by atoms with Gasteiger partial charge in [0.1, 0.15) is 0 Å². The predicted octanol–water partition coefficient (Wildman–Crippen LogP) is 1.10. The Hall–Kier alpha value is -0.350. The molecule has 1 unspecified atom stereocenters. The van der Waals surface area contributed by atoms with E-state index in [1.807, 2.05) is 0 Å². The van der Waals surface area contributed by atoms with Crippen molar-refractivity contribution in [3.05, 3.63) is 12.2 Å². The van der Waals surface area contributed by atoms with Gasteiger partial charge in [0.2, 0.25) is 0 Å². The van der Waals surface area contributed by atoms with Gasteiger partial charge in [0.25, 0.3) is 0 Å². The van der Waals surface area contributed by atoms with Crippen molar-refractivity contribution < 1.29 is 8.42 Å². The Morgan fingerprint density at radius 3 is 2.50 bits per heavy atom. The maximum atomic E-state index is 11.7. The molecule has 2 N–H and O–H groups in total. The molecule has 14 heavy (non-hydrogen) atoms. The lowest BCUT2D eigenvalue weighted by Crippen LogP contribution is -2.34.